The number of amides is 1. The van der Waals surface area contributed by atoms with Crippen molar-refractivity contribution in [3.05, 3.63) is 42.4 Å². The highest BCUT2D eigenvalue weighted by molar-refractivity contribution is 6.02. The topological polar surface area (TPSA) is 93.8 Å². The molecular weight excluding hydrogens is 206 g/mol. The third kappa shape index (κ3) is 2.30. The van der Waals surface area contributed by atoms with Crippen molar-refractivity contribution in [3.8, 4) is 0 Å². The zero-order valence-electron chi connectivity index (χ0n) is 8.29. The molecule has 2 rings (SSSR count). The van der Waals surface area contributed by atoms with E-state index in [1.54, 1.807) is 24.3 Å². The van der Waals surface area contributed by atoms with Crippen LogP contribution in [0.1, 0.15) is 10.5 Å². The molecule has 2 heterocycles. The smallest absolute Gasteiger partial charge is 0.275 e. The molecule has 0 bridgehead atoms. The number of rotatable bonds is 2. The first-order chi connectivity index (χ1) is 7.75. The maximum Gasteiger partial charge on any atom is 0.275 e. The van der Waals surface area contributed by atoms with Gasteiger partial charge in [-0.1, -0.05) is 0 Å². The van der Waals surface area contributed by atoms with Gasteiger partial charge in [0.2, 0.25) is 0 Å². The monoisotopic (exact) mass is 215 g/mol. The highest BCUT2D eigenvalue weighted by Gasteiger charge is 2.07. The van der Waals surface area contributed by atoms with Crippen LogP contribution in [0.3, 0.4) is 0 Å². The minimum absolute atomic E-state index is 0.278. The van der Waals surface area contributed by atoms with Crippen LogP contribution in [-0.2, 0) is 0 Å². The molecule has 0 fully saturated rings. The summed E-state index contributed by atoms with van der Waals surface area (Å²) < 4.78 is 0. The van der Waals surface area contributed by atoms with Gasteiger partial charge in [-0.15, -0.1) is 5.10 Å². The molecule has 0 aliphatic rings. The lowest BCUT2D eigenvalue weighted by Gasteiger charge is -2.02. The Morgan fingerprint density at radius 1 is 1.31 bits per heavy atom. The molecule has 0 aromatic carbocycles. The first kappa shape index (κ1) is 10.0. The van der Waals surface area contributed by atoms with Crippen molar-refractivity contribution in [3.63, 3.8) is 0 Å². The molecule has 6 nitrogen and oxygen atoms in total. The Bertz CT molecular complexity index is 482. The quantitative estimate of drug-likeness (QED) is 0.769. The summed E-state index contributed by atoms with van der Waals surface area (Å²) in [5.74, 6) is 0.0339. The summed E-state index contributed by atoms with van der Waals surface area (Å²) in [5, 5.41) is 9.93. The van der Waals surface area contributed by atoms with Gasteiger partial charge in [0, 0.05) is 6.20 Å². The third-order valence-electron chi connectivity index (χ3n) is 1.83. The van der Waals surface area contributed by atoms with Gasteiger partial charge in [0.05, 0.1) is 11.9 Å². The number of nitrogens with two attached hydrogens (primary N) is 1. The molecule has 0 unspecified atom stereocenters. The fraction of sp³-hybridized carbons (Fsp3) is 0. The summed E-state index contributed by atoms with van der Waals surface area (Å²) in [6.45, 7) is 0. The van der Waals surface area contributed by atoms with Crippen LogP contribution >= 0.6 is 0 Å². The predicted molar refractivity (Wildman–Crippen MR) is 58.6 cm³/mol. The lowest BCUT2D eigenvalue weighted by molar-refractivity contribution is 0.102. The minimum atomic E-state index is -0.347. The maximum absolute atomic E-state index is 11.6. The van der Waals surface area contributed by atoms with E-state index in [-0.39, 0.29) is 11.6 Å². The number of aromatic nitrogens is 3. The number of hydrogen-bond acceptors (Lipinski definition) is 5. The van der Waals surface area contributed by atoms with Gasteiger partial charge in [0.15, 0.2) is 5.82 Å². The Balaban J connectivity index is 2.12. The Morgan fingerprint density at radius 2 is 2.19 bits per heavy atom. The van der Waals surface area contributed by atoms with Crippen LogP contribution < -0.4 is 11.1 Å². The Labute approximate surface area is 91.5 Å². The van der Waals surface area contributed by atoms with Crippen molar-refractivity contribution in [2.24, 2.45) is 0 Å². The standard InChI is InChI=1S/C10H9N5O/c11-7-3-4-8(12-6-7)10(16)14-9-2-1-5-13-15-9/h1-6H,11H2,(H,14,15,16). The van der Waals surface area contributed by atoms with Crippen LogP contribution in [0.4, 0.5) is 11.5 Å². The number of nitrogen functional groups attached to an aromatic ring is 1. The van der Waals surface area contributed by atoms with E-state index in [0.717, 1.165) is 0 Å². The van der Waals surface area contributed by atoms with E-state index in [0.29, 0.717) is 11.5 Å². The van der Waals surface area contributed by atoms with Gasteiger partial charge in [-0.25, -0.2) is 4.98 Å². The van der Waals surface area contributed by atoms with E-state index in [1.165, 1.54) is 12.4 Å². The first-order valence-electron chi connectivity index (χ1n) is 4.56. The zero-order valence-corrected chi connectivity index (χ0v) is 8.29. The second kappa shape index (κ2) is 4.35. The normalized spacial score (nSPS) is 9.75. The van der Waals surface area contributed by atoms with E-state index in [2.05, 4.69) is 20.5 Å². The number of nitrogens with zero attached hydrogens (tertiary/aromatic N) is 3. The summed E-state index contributed by atoms with van der Waals surface area (Å²) in [4.78, 5) is 15.5. The molecule has 16 heavy (non-hydrogen) atoms. The summed E-state index contributed by atoms with van der Waals surface area (Å²) in [6, 6.07) is 6.47. The van der Waals surface area contributed by atoms with Gasteiger partial charge >= 0.3 is 0 Å². The molecule has 3 N–H and O–H groups in total. The number of hydrogen-bond donors (Lipinski definition) is 2. The van der Waals surface area contributed by atoms with Crippen molar-refractivity contribution >= 4 is 17.4 Å². The lowest BCUT2D eigenvalue weighted by atomic mass is 10.3. The average molecular weight is 215 g/mol. The lowest BCUT2D eigenvalue weighted by Crippen LogP contribution is -2.14. The summed E-state index contributed by atoms with van der Waals surface area (Å²) in [6.07, 6.45) is 2.95. The van der Waals surface area contributed by atoms with Gasteiger partial charge in [-0.2, -0.15) is 5.10 Å². The first-order valence-corrected chi connectivity index (χ1v) is 4.56. The number of anilines is 2. The predicted octanol–water partition coefficient (Wildman–Crippen LogP) is 0.706. The van der Waals surface area contributed by atoms with Gasteiger partial charge in [0.25, 0.3) is 5.91 Å². The molecule has 0 atom stereocenters. The molecule has 0 radical (unpaired) electrons. The Morgan fingerprint density at radius 3 is 2.81 bits per heavy atom. The summed E-state index contributed by atoms with van der Waals surface area (Å²) in [7, 11) is 0. The van der Waals surface area contributed by atoms with Gasteiger partial charge in [-0.3, -0.25) is 4.79 Å². The van der Waals surface area contributed by atoms with Crippen molar-refractivity contribution in [1.82, 2.24) is 15.2 Å². The fourth-order valence-electron chi connectivity index (χ4n) is 1.09. The highest BCUT2D eigenvalue weighted by atomic mass is 16.1. The van der Waals surface area contributed by atoms with Crippen LogP contribution in [-0.4, -0.2) is 21.1 Å². The van der Waals surface area contributed by atoms with E-state index in [4.69, 9.17) is 5.73 Å². The third-order valence-corrected chi connectivity index (χ3v) is 1.83. The average Bonchev–Trinajstić information content (AvgIpc) is 2.31. The van der Waals surface area contributed by atoms with Crippen molar-refractivity contribution in [2.75, 3.05) is 11.1 Å². The van der Waals surface area contributed by atoms with Crippen molar-refractivity contribution in [2.45, 2.75) is 0 Å². The second-order valence-corrected chi connectivity index (χ2v) is 3.04. The van der Waals surface area contributed by atoms with E-state index in [9.17, 15) is 4.79 Å². The number of carbonyl (C=O) groups is 1. The van der Waals surface area contributed by atoms with Gasteiger partial charge in [-0.05, 0) is 24.3 Å². The largest absolute Gasteiger partial charge is 0.397 e. The van der Waals surface area contributed by atoms with E-state index >= 15 is 0 Å². The highest BCUT2D eigenvalue weighted by Crippen LogP contribution is 2.04. The molecule has 0 aliphatic heterocycles. The van der Waals surface area contributed by atoms with Gasteiger partial charge in [0.1, 0.15) is 5.69 Å². The molecule has 80 valence electrons. The SMILES string of the molecule is Nc1ccc(C(=O)Nc2cccnn2)nc1. The van der Waals surface area contributed by atoms with Crippen LogP contribution in [0, 0.1) is 0 Å². The molecule has 0 saturated heterocycles. The minimum Gasteiger partial charge on any atom is -0.397 e. The maximum atomic E-state index is 11.6. The molecule has 0 saturated carbocycles. The van der Waals surface area contributed by atoms with Crippen molar-refractivity contribution < 1.29 is 4.79 Å². The number of carbonyl (C=O) groups excluding carboxylic acids is 1. The molecule has 1 amide bonds. The van der Waals surface area contributed by atoms with Crippen LogP contribution in [0.15, 0.2) is 36.7 Å². The van der Waals surface area contributed by atoms with Crippen LogP contribution in [0.25, 0.3) is 0 Å². The Hall–Kier alpha value is -2.50. The van der Waals surface area contributed by atoms with Crippen LogP contribution in [0.5, 0.6) is 0 Å². The summed E-state index contributed by atoms with van der Waals surface area (Å²) >= 11 is 0. The van der Waals surface area contributed by atoms with Gasteiger partial charge < -0.3 is 11.1 Å². The zero-order chi connectivity index (χ0) is 11.4. The van der Waals surface area contributed by atoms with Crippen LogP contribution in [0.2, 0.25) is 0 Å². The second-order valence-electron chi connectivity index (χ2n) is 3.04. The Kier molecular flexibility index (Phi) is 2.73. The molecular formula is C10H9N5O. The van der Waals surface area contributed by atoms with E-state index < -0.39 is 0 Å². The molecule has 2 aromatic heterocycles. The number of nitrogens with one attached hydrogen (secondary N) is 1. The number of pyridine rings is 1. The van der Waals surface area contributed by atoms with Crippen molar-refractivity contribution in [1.29, 1.82) is 0 Å². The fourth-order valence-corrected chi connectivity index (χ4v) is 1.09. The molecule has 0 spiro atoms. The summed E-state index contributed by atoms with van der Waals surface area (Å²) in [5.41, 5.74) is 6.25. The molecule has 6 heteroatoms. The molecule has 2 aromatic rings. The molecule has 0 aliphatic carbocycles. The van der Waals surface area contributed by atoms with E-state index in [1.807, 2.05) is 0 Å².